The summed E-state index contributed by atoms with van der Waals surface area (Å²) >= 11 is 1.50. The number of fused-ring (bicyclic) bond motifs is 1. The van der Waals surface area contributed by atoms with E-state index in [-0.39, 0.29) is 12.5 Å². The SMILES string of the molecule is CCOc1ccc(OCC(=O)N(Cc2cccnc2)c2nc3ccc(C)cc3s2)cc1. The van der Waals surface area contributed by atoms with E-state index in [2.05, 4.69) is 16.0 Å². The summed E-state index contributed by atoms with van der Waals surface area (Å²) in [6, 6.07) is 17.1. The van der Waals surface area contributed by atoms with Crippen LogP contribution in [-0.4, -0.2) is 29.1 Å². The molecule has 0 N–H and O–H groups in total. The van der Waals surface area contributed by atoms with Crippen molar-refractivity contribution in [2.45, 2.75) is 20.4 Å². The van der Waals surface area contributed by atoms with Crippen molar-refractivity contribution in [3.05, 3.63) is 78.1 Å². The van der Waals surface area contributed by atoms with E-state index in [4.69, 9.17) is 9.47 Å². The monoisotopic (exact) mass is 433 g/mol. The summed E-state index contributed by atoms with van der Waals surface area (Å²) in [6.45, 7) is 4.86. The van der Waals surface area contributed by atoms with Gasteiger partial charge in [0.05, 0.1) is 23.4 Å². The van der Waals surface area contributed by atoms with E-state index in [9.17, 15) is 4.79 Å². The smallest absolute Gasteiger partial charge is 0.267 e. The number of anilines is 1. The third-order valence-electron chi connectivity index (χ3n) is 4.63. The Morgan fingerprint density at radius 3 is 2.55 bits per heavy atom. The topological polar surface area (TPSA) is 64.6 Å². The number of hydrogen-bond donors (Lipinski definition) is 0. The fraction of sp³-hybridized carbons (Fsp3) is 0.208. The Bertz CT molecular complexity index is 1160. The third kappa shape index (κ3) is 5.19. The fourth-order valence-corrected chi connectivity index (χ4v) is 4.17. The predicted molar refractivity (Wildman–Crippen MR) is 123 cm³/mol. The van der Waals surface area contributed by atoms with Crippen molar-refractivity contribution in [1.82, 2.24) is 9.97 Å². The number of benzene rings is 2. The van der Waals surface area contributed by atoms with Gasteiger partial charge in [-0.15, -0.1) is 0 Å². The number of ether oxygens (including phenoxy) is 2. The minimum Gasteiger partial charge on any atom is -0.494 e. The molecule has 7 heteroatoms. The molecule has 2 aromatic heterocycles. The molecule has 0 saturated heterocycles. The van der Waals surface area contributed by atoms with Crippen LogP contribution in [0.3, 0.4) is 0 Å². The average molecular weight is 434 g/mol. The molecule has 0 radical (unpaired) electrons. The minimum absolute atomic E-state index is 0.0941. The van der Waals surface area contributed by atoms with Crippen LogP contribution in [0.25, 0.3) is 10.2 Å². The highest BCUT2D eigenvalue weighted by Gasteiger charge is 2.21. The quantitative estimate of drug-likeness (QED) is 0.391. The van der Waals surface area contributed by atoms with Crippen molar-refractivity contribution in [1.29, 1.82) is 0 Å². The molecular formula is C24H23N3O3S. The molecule has 31 heavy (non-hydrogen) atoms. The molecule has 158 valence electrons. The predicted octanol–water partition coefficient (Wildman–Crippen LogP) is 5.01. The molecule has 6 nitrogen and oxygen atoms in total. The van der Waals surface area contributed by atoms with Crippen molar-refractivity contribution >= 4 is 32.6 Å². The normalized spacial score (nSPS) is 10.8. The lowest BCUT2D eigenvalue weighted by molar-refractivity contribution is -0.120. The van der Waals surface area contributed by atoms with E-state index in [1.54, 1.807) is 29.4 Å². The second kappa shape index (κ2) is 9.57. The Hall–Kier alpha value is -3.45. The number of pyridine rings is 1. The van der Waals surface area contributed by atoms with Crippen molar-refractivity contribution in [2.75, 3.05) is 18.1 Å². The summed E-state index contributed by atoms with van der Waals surface area (Å²) in [4.78, 5) is 23.7. The molecule has 0 fully saturated rings. The molecule has 2 heterocycles. The van der Waals surface area contributed by atoms with Gasteiger partial charge in [-0.3, -0.25) is 14.7 Å². The second-order valence-electron chi connectivity index (χ2n) is 7.00. The van der Waals surface area contributed by atoms with Crippen LogP contribution < -0.4 is 14.4 Å². The van der Waals surface area contributed by atoms with Gasteiger partial charge >= 0.3 is 0 Å². The van der Waals surface area contributed by atoms with E-state index in [1.165, 1.54) is 11.3 Å². The van der Waals surface area contributed by atoms with Gasteiger partial charge in [-0.2, -0.15) is 0 Å². The number of aromatic nitrogens is 2. The maximum atomic E-state index is 13.2. The van der Waals surface area contributed by atoms with Gasteiger partial charge in [0.25, 0.3) is 5.91 Å². The molecule has 0 atom stereocenters. The van der Waals surface area contributed by atoms with Gasteiger partial charge in [0, 0.05) is 12.4 Å². The van der Waals surface area contributed by atoms with Crippen LogP contribution in [0.15, 0.2) is 67.0 Å². The standard InChI is InChI=1S/C24H23N3O3S/c1-3-29-19-7-9-20(10-8-19)30-16-23(28)27(15-18-5-4-12-25-14-18)24-26-21-11-6-17(2)13-22(21)31-24/h4-14H,3,15-16H2,1-2H3. The Morgan fingerprint density at radius 1 is 1.06 bits per heavy atom. The fourth-order valence-electron chi connectivity index (χ4n) is 3.09. The lowest BCUT2D eigenvalue weighted by Crippen LogP contribution is -2.34. The lowest BCUT2D eigenvalue weighted by atomic mass is 10.2. The summed E-state index contributed by atoms with van der Waals surface area (Å²) in [5.41, 5.74) is 2.96. The van der Waals surface area contributed by atoms with E-state index in [0.29, 0.717) is 24.0 Å². The Kier molecular flexibility index (Phi) is 6.43. The van der Waals surface area contributed by atoms with Gasteiger partial charge in [0.1, 0.15) is 11.5 Å². The summed E-state index contributed by atoms with van der Waals surface area (Å²) in [6.07, 6.45) is 3.47. The Morgan fingerprint density at radius 2 is 1.84 bits per heavy atom. The molecule has 1 amide bonds. The first-order valence-electron chi connectivity index (χ1n) is 10.0. The van der Waals surface area contributed by atoms with Crippen LogP contribution in [0.5, 0.6) is 11.5 Å². The molecule has 0 aliphatic heterocycles. The Labute approximate surface area is 185 Å². The first-order valence-corrected chi connectivity index (χ1v) is 10.9. The third-order valence-corrected chi connectivity index (χ3v) is 5.67. The summed E-state index contributed by atoms with van der Waals surface area (Å²) in [5, 5.41) is 0.643. The molecule has 0 bridgehead atoms. The van der Waals surface area contributed by atoms with Crippen LogP contribution in [-0.2, 0) is 11.3 Å². The number of thiazole rings is 1. The van der Waals surface area contributed by atoms with Crippen LogP contribution in [0.4, 0.5) is 5.13 Å². The van der Waals surface area contributed by atoms with E-state index in [0.717, 1.165) is 27.1 Å². The van der Waals surface area contributed by atoms with Gasteiger partial charge in [0.15, 0.2) is 11.7 Å². The summed E-state index contributed by atoms with van der Waals surface area (Å²) in [5.74, 6) is 1.20. The maximum Gasteiger partial charge on any atom is 0.267 e. The summed E-state index contributed by atoms with van der Waals surface area (Å²) < 4.78 is 12.2. The number of nitrogens with zero attached hydrogens (tertiary/aromatic N) is 3. The zero-order valence-corrected chi connectivity index (χ0v) is 18.3. The highest BCUT2D eigenvalue weighted by atomic mass is 32.1. The molecule has 0 aliphatic rings. The highest BCUT2D eigenvalue weighted by molar-refractivity contribution is 7.22. The zero-order chi connectivity index (χ0) is 21.6. The van der Waals surface area contributed by atoms with Crippen molar-refractivity contribution < 1.29 is 14.3 Å². The lowest BCUT2D eigenvalue weighted by Gasteiger charge is -2.20. The number of carbonyl (C=O) groups excluding carboxylic acids is 1. The van der Waals surface area contributed by atoms with Crippen LogP contribution >= 0.6 is 11.3 Å². The van der Waals surface area contributed by atoms with Gasteiger partial charge in [-0.25, -0.2) is 4.98 Å². The molecular weight excluding hydrogens is 410 g/mol. The second-order valence-corrected chi connectivity index (χ2v) is 8.01. The number of amides is 1. The van der Waals surface area contributed by atoms with Gasteiger partial charge in [0.2, 0.25) is 0 Å². The molecule has 0 unspecified atom stereocenters. The largest absolute Gasteiger partial charge is 0.494 e. The van der Waals surface area contributed by atoms with Gasteiger partial charge in [-0.1, -0.05) is 23.5 Å². The zero-order valence-electron chi connectivity index (χ0n) is 17.4. The van der Waals surface area contributed by atoms with E-state index < -0.39 is 0 Å². The number of hydrogen-bond acceptors (Lipinski definition) is 6. The van der Waals surface area contributed by atoms with Crippen molar-refractivity contribution in [3.8, 4) is 11.5 Å². The molecule has 0 saturated carbocycles. The van der Waals surface area contributed by atoms with Crippen LogP contribution in [0, 0.1) is 6.92 Å². The summed E-state index contributed by atoms with van der Waals surface area (Å²) in [7, 11) is 0. The maximum absolute atomic E-state index is 13.2. The average Bonchev–Trinajstić information content (AvgIpc) is 3.20. The van der Waals surface area contributed by atoms with Gasteiger partial charge in [-0.05, 0) is 67.4 Å². The van der Waals surface area contributed by atoms with Crippen molar-refractivity contribution in [2.24, 2.45) is 0 Å². The van der Waals surface area contributed by atoms with E-state index in [1.807, 2.05) is 50.2 Å². The molecule has 2 aromatic carbocycles. The molecule has 0 spiro atoms. The van der Waals surface area contributed by atoms with Crippen LogP contribution in [0.1, 0.15) is 18.1 Å². The van der Waals surface area contributed by atoms with Crippen LogP contribution in [0.2, 0.25) is 0 Å². The highest BCUT2D eigenvalue weighted by Crippen LogP contribution is 2.30. The van der Waals surface area contributed by atoms with E-state index >= 15 is 0 Å². The van der Waals surface area contributed by atoms with Gasteiger partial charge < -0.3 is 9.47 Å². The number of aryl methyl sites for hydroxylation is 1. The van der Waals surface area contributed by atoms with Crippen molar-refractivity contribution in [3.63, 3.8) is 0 Å². The molecule has 4 aromatic rings. The molecule has 4 rings (SSSR count). The first kappa shape index (κ1) is 20.8. The minimum atomic E-state index is -0.173. The first-order chi connectivity index (χ1) is 15.1. The number of rotatable bonds is 8. The number of carbonyl (C=O) groups is 1. The Balaban J connectivity index is 1.54. The molecule has 0 aliphatic carbocycles.